The molecule has 0 spiro atoms. The molecule has 0 aliphatic carbocycles. The van der Waals surface area contributed by atoms with Crippen molar-refractivity contribution in [3.05, 3.63) is 22.7 Å². The third-order valence-electron chi connectivity index (χ3n) is 2.70. The number of carbonyl (C=O) groups is 1. The molecule has 1 rings (SSSR count). The van der Waals surface area contributed by atoms with Gasteiger partial charge in [0.2, 0.25) is 5.91 Å². The molecule has 5 heteroatoms. The Hall–Kier alpha value is -1.23. The second kappa shape index (κ2) is 7.26. The van der Waals surface area contributed by atoms with Crippen LogP contribution in [-0.4, -0.2) is 18.5 Å². The summed E-state index contributed by atoms with van der Waals surface area (Å²) in [6.45, 7) is 4.62. The molecule has 0 radical (unpaired) electrons. The quantitative estimate of drug-likeness (QED) is 0.707. The molecule has 0 fully saturated rings. The molecule has 1 aromatic carbocycles. The molecule has 0 bridgehead atoms. The van der Waals surface area contributed by atoms with E-state index in [-0.39, 0.29) is 11.9 Å². The van der Waals surface area contributed by atoms with Crippen molar-refractivity contribution >= 4 is 33.2 Å². The molecule has 0 saturated heterocycles. The van der Waals surface area contributed by atoms with Gasteiger partial charge >= 0.3 is 0 Å². The first-order valence-corrected chi connectivity index (χ1v) is 6.90. The van der Waals surface area contributed by atoms with Crippen molar-refractivity contribution in [2.24, 2.45) is 0 Å². The number of hydrogen-bond donors (Lipinski definition) is 3. The van der Waals surface area contributed by atoms with Crippen LogP contribution in [0.2, 0.25) is 0 Å². The van der Waals surface area contributed by atoms with E-state index in [9.17, 15) is 4.79 Å². The van der Waals surface area contributed by atoms with E-state index in [2.05, 4.69) is 26.6 Å². The van der Waals surface area contributed by atoms with Crippen LogP contribution in [0.1, 0.15) is 26.7 Å². The number of halogens is 1. The van der Waals surface area contributed by atoms with Crippen LogP contribution in [0, 0.1) is 0 Å². The Bertz CT molecular complexity index is 409. The van der Waals surface area contributed by atoms with Gasteiger partial charge in [-0.25, -0.2) is 0 Å². The van der Waals surface area contributed by atoms with E-state index in [0.717, 1.165) is 16.6 Å². The highest BCUT2D eigenvalue weighted by Gasteiger charge is 2.05. The van der Waals surface area contributed by atoms with Crippen molar-refractivity contribution < 1.29 is 4.79 Å². The van der Waals surface area contributed by atoms with Crippen LogP contribution in [0.4, 0.5) is 11.4 Å². The number of benzene rings is 1. The zero-order chi connectivity index (χ0) is 13.5. The summed E-state index contributed by atoms with van der Waals surface area (Å²) in [6.07, 6.45) is 1.38. The number of nitrogens with two attached hydrogens (primary N) is 1. The molecule has 1 unspecified atom stereocenters. The molecule has 0 aliphatic heterocycles. The first-order valence-electron chi connectivity index (χ1n) is 6.11. The van der Waals surface area contributed by atoms with Crippen LogP contribution in [0.15, 0.2) is 22.7 Å². The molecule has 0 aliphatic rings. The van der Waals surface area contributed by atoms with E-state index in [1.54, 1.807) is 0 Å². The molecular weight excluding hydrogens is 294 g/mol. The maximum Gasteiger partial charge on any atom is 0.221 e. The standard InChI is InChI=1S/C13H20BrN3O/c1-3-9(2)17-13(18)6-7-16-12-8-10(14)4-5-11(12)15/h4-5,8-9,16H,3,6-7,15H2,1-2H3,(H,17,18). The summed E-state index contributed by atoms with van der Waals surface area (Å²) in [4.78, 5) is 11.6. The molecule has 1 amide bonds. The van der Waals surface area contributed by atoms with E-state index in [4.69, 9.17) is 5.73 Å². The lowest BCUT2D eigenvalue weighted by molar-refractivity contribution is -0.121. The third-order valence-corrected chi connectivity index (χ3v) is 3.20. The Morgan fingerprint density at radius 2 is 2.22 bits per heavy atom. The SMILES string of the molecule is CCC(C)NC(=O)CCNc1cc(Br)ccc1N. The maximum atomic E-state index is 11.6. The molecular formula is C13H20BrN3O. The summed E-state index contributed by atoms with van der Waals surface area (Å²) < 4.78 is 0.961. The number of nitrogens with one attached hydrogen (secondary N) is 2. The van der Waals surface area contributed by atoms with Gasteiger partial charge in [-0.1, -0.05) is 22.9 Å². The van der Waals surface area contributed by atoms with Crippen LogP contribution in [0.3, 0.4) is 0 Å². The second-order valence-corrected chi connectivity index (χ2v) is 5.20. The van der Waals surface area contributed by atoms with Crippen molar-refractivity contribution in [2.45, 2.75) is 32.7 Å². The summed E-state index contributed by atoms with van der Waals surface area (Å²) in [5.41, 5.74) is 7.35. The van der Waals surface area contributed by atoms with Crippen molar-refractivity contribution in [1.29, 1.82) is 0 Å². The van der Waals surface area contributed by atoms with Gasteiger partial charge in [-0.3, -0.25) is 4.79 Å². The van der Waals surface area contributed by atoms with Gasteiger partial charge in [0.15, 0.2) is 0 Å². The molecule has 4 nitrogen and oxygen atoms in total. The van der Waals surface area contributed by atoms with Crippen LogP contribution < -0.4 is 16.4 Å². The Kier molecular flexibility index (Phi) is 5.98. The Labute approximate surface area is 116 Å². The molecule has 1 aromatic rings. The lowest BCUT2D eigenvalue weighted by atomic mass is 10.2. The van der Waals surface area contributed by atoms with Crippen LogP contribution in [0.5, 0.6) is 0 Å². The highest BCUT2D eigenvalue weighted by molar-refractivity contribution is 9.10. The number of rotatable bonds is 6. The van der Waals surface area contributed by atoms with Crippen molar-refractivity contribution in [2.75, 3.05) is 17.6 Å². The summed E-state index contributed by atoms with van der Waals surface area (Å²) in [5, 5.41) is 6.08. The van der Waals surface area contributed by atoms with E-state index in [1.165, 1.54) is 0 Å². The van der Waals surface area contributed by atoms with Gasteiger partial charge < -0.3 is 16.4 Å². The number of amides is 1. The lowest BCUT2D eigenvalue weighted by Crippen LogP contribution is -2.32. The largest absolute Gasteiger partial charge is 0.397 e. The molecule has 0 aromatic heterocycles. The number of nitrogen functional groups attached to an aromatic ring is 1. The minimum atomic E-state index is 0.0606. The van der Waals surface area contributed by atoms with Crippen molar-refractivity contribution in [3.63, 3.8) is 0 Å². The first kappa shape index (κ1) is 14.8. The summed E-state index contributed by atoms with van der Waals surface area (Å²) in [5.74, 6) is 0.0606. The Morgan fingerprint density at radius 3 is 2.89 bits per heavy atom. The highest BCUT2D eigenvalue weighted by Crippen LogP contribution is 2.22. The van der Waals surface area contributed by atoms with Crippen molar-refractivity contribution in [3.8, 4) is 0 Å². The third kappa shape index (κ3) is 4.96. The maximum absolute atomic E-state index is 11.6. The van der Waals surface area contributed by atoms with E-state index < -0.39 is 0 Å². The van der Waals surface area contributed by atoms with Crippen molar-refractivity contribution in [1.82, 2.24) is 5.32 Å². The first-order chi connectivity index (χ1) is 8.52. The van der Waals surface area contributed by atoms with Gasteiger partial charge in [0.1, 0.15) is 0 Å². The second-order valence-electron chi connectivity index (χ2n) is 4.29. The predicted octanol–water partition coefficient (Wildman–Crippen LogP) is 2.75. The van der Waals surface area contributed by atoms with Gasteiger partial charge in [0.25, 0.3) is 0 Å². The molecule has 0 saturated carbocycles. The molecule has 18 heavy (non-hydrogen) atoms. The van der Waals surface area contributed by atoms with E-state index in [1.807, 2.05) is 32.0 Å². The van der Waals surface area contributed by atoms with E-state index in [0.29, 0.717) is 18.7 Å². The Morgan fingerprint density at radius 1 is 1.50 bits per heavy atom. The van der Waals surface area contributed by atoms with Gasteiger partial charge in [-0.2, -0.15) is 0 Å². The van der Waals surface area contributed by atoms with Gasteiger partial charge in [-0.15, -0.1) is 0 Å². The van der Waals surface area contributed by atoms with Gasteiger partial charge in [0.05, 0.1) is 11.4 Å². The van der Waals surface area contributed by atoms with Crippen LogP contribution in [-0.2, 0) is 4.79 Å². The van der Waals surface area contributed by atoms with Crippen LogP contribution in [0.25, 0.3) is 0 Å². The average Bonchev–Trinajstić information content (AvgIpc) is 2.33. The van der Waals surface area contributed by atoms with Gasteiger partial charge in [-0.05, 0) is 31.5 Å². The summed E-state index contributed by atoms with van der Waals surface area (Å²) in [7, 11) is 0. The minimum absolute atomic E-state index is 0.0606. The average molecular weight is 314 g/mol. The summed E-state index contributed by atoms with van der Waals surface area (Å²) >= 11 is 3.38. The minimum Gasteiger partial charge on any atom is -0.397 e. The lowest BCUT2D eigenvalue weighted by Gasteiger charge is -2.12. The highest BCUT2D eigenvalue weighted by atomic mass is 79.9. The molecule has 100 valence electrons. The number of hydrogen-bond acceptors (Lipinski definition) is 3. The number of anilines is 2. The fraction of sp³-hybridized carbons (Fsp3) is 0.462. The topological polar surface area (TPSA) is 67.2 Å². The normalized spacial score (nSPS) is 11.9. The zero-order valence-electron chi connectivity index (χ0n) is 10.8. The zero-order valence-corrected chi connectivity index (χ0v) is 12.4. The molecule has 4 N–H and O–H groups in total. The fourth-order valence-corrected chi connectivity index (χ4v) is 1.80. The summed E-state index contributed by atoms with van der Waals surface area (Å²) in [6, 6.07) is 5.84. The predicted molar refractivity (Wildman–Crippen MR) is 79.6 cm³/mol. The molecule has 1 atom stereocenters. The molecule has 0 heterocycles. The van der Waals surface area contributed by atoms with E-state index >= 15 is 0 Å². The fourth-order valence-electron chi connectivity index (χ4n) is 1.44. The number of carbonyl (C=O) groups excluding carboxylic acids is 1. The van der Waals surface area contributed by atoms with Crippen LogP contribution >= 0.6 is 15.9 Å². The smallest absolute Gasteiger partial charge is 0.221 e. The van der Waals surface area contributed by atoms with Gasteiger partial charge in [0, 0.05) is 23.5 Å². The monoisotopic (exact) mass is 313 g/mol. The Balaban J connectivity index is 2.37.